The van der Waals surface area contributed by atoms with Crippen LogP contribution in [0.5, 0.6) is 0 Å². The Morgan fingerprint density at radius 3 is 2.13 bits per heavy atom. The second kappa shape index (κ2) is 6.44. The summed E-state index contributed by atoms with van der Waals surface area (Å²) in [5, 5.41) is 8.97. The van der Waals surface area contributed by atoms with Crippen LogP contribution in [0.25, 0.3) is 0 Å². The van der Waals surface area contributed by atoms with Gasteiger partial charge in [-0.15, -0.1) is 0 Å². The Hall–Kier alpha value is -1.04. The van der Waals surface area contributed by atoms with Gasteiger partial charge in [0.15, 0.2) is 0 Å². The van der Waals surface area contributed by atoms with E-state index in [1.54, 1.807) is 4.90 Å². The fraction of sp³-hybridized carbons (Fsp3) is 0.833. The molecule has 3 nitrogen and oxygen atoms in total. The van der Waals surface area contributed by atoms with E-state index in [1.807, 2.05) is 27.7 Å². The van der Waals surface area contributed by atoms with Crippen LogP contribution in [0.2, 0.25) is 0 Å². The van der Waals surface area contributed by atoms with E-state index in [9.17, 15) is 4.79 Å². The lowest BCUT2D eigenvalue weighted by Gasteiger charge is -2.30. The van der Waals surface area contributed by atoms with Crippen LogP contribution in [0, 0.1) is 23.2 Å². The maximum atomic E-state index is 12.1. The highest BCUT2D eigenvalue weighted by molar-refractivity contribution is 5.81. The highest BCUT2D eigenvalue weighted by Crippen LogP contribution is 2.16. The lowest BCUT2D eigenvalue weighted by Crippen LogP contribution is -2.42. The van der Waals surface area contributed by atoms with E-state index < -0.39 is 5.92 Å². The number of amides is 1. The Kier molecular flexibility index (Phi) is 6.00. The van der Waals surface area contributed by atoms with Crippen LogP contribution in [0.15, 0.2) is 0 Å². The van der Waals surface area contributed by atoms with Crippen molar-refractivity contribution in [1.29, 1.82) is 5.26 Å². The molecule has 1 amide bonds. The van der Waals surface area contributed by atoms with Gasteiger partial charge in [0.25, 0.3) is 0 Å². The molecule has 0 aliphatic heterocycles. The summed E-state index contributed by atoms with van der Waals surface area (Å²) in [5.74, 6) is -0.441. The van der Waals surface area contributed by atoms with Crippen LogP contribution in [0.1, 0.15) is 41.0 Å². The maximum Gasteiger partial charge on any atom is 0.240 e. The van der Waals surface area contributed by atoms with Gasteiger partial charge < -0.3 is 4.90 Å². The molecule has 0 fully saturated rings. The second-order valence-electron chi connectivity index (χ2n) is 4.23. The molecule has 86 valence electrons. The van der Waals surface area contributed by atoms with Crippen molar-refractivity contribution in [2.75, 3.05) is 6.54 Å². The lowest BCUT2D eigenvalue weighted by atomic mass is 9.95. The normalized spacial score (nSPS) is 14.5. The van der Waals surface area contributed by atoms with E-state index in [0.29, 0.717) is 6.54 Å². The molecule has 0 bridgehead atoms. The molecule has 0 saturated heterocycles. The topological polar surface area (TPSA) is 44.1 Å². The van der Waals surface area contributed by atoms with E-state index in [-0.39, 0.29) is 17.9 Å². The third-order valence-corrected chi connectivity index (χ3v) is 2.82. The van der Waals surface area contributed by atoms with Gasteiger partial charge >= 0.3 is 0 Å². The minimum Gasteiger partial charge on any atom is -0.339 e. The Balaban J connectivity index is 4.71. The van der Waals surface area contributed by atoms with Gasteiger partial charge in [-0.3, -0.25) is 4.79 Å². The Morgan fingerprint density at radius 1 is 1.33 bits per heavy atom. The molecule has 2 atom stereocenters. The minimum absolute atomic E-state index is 0.0237. The van der Waals surface area contributed by atoms with E-state index >= 15 is 0 Å². The van der Waals surface area contributed by atoms with Crippen LogP contribution in [-0.4, -0.2) is 23.4 Å². The Bertz CT molecular complexity index is 242. The van der Waals surface area contributed by atoms with Crippen molar-refractivity contribution in [3.05, 3.63) is 0 Å². The zero-order valence-corrected chi connectivity index (χ0v) is 10.4. The molecule has 0 aliphatic carbocycles. The maximum absolute atomic E-state index is 12.1. The number of nitriles is 1. The molecule has 0 aromatic rings. The van der Waals surface area contributed by atoms with Gasteiger partial charge in [-0.05, 0) is 26.2 Å². The van der Waals surface area contributed by atoms with E-state index in [1.165, 1.54) is 0 Å². The van der Waals surface area contributed by atoms with E-state index in [2.05, 4.69) is 13.0 Å². The molecular weight excluding hydrogens is 188 g/mol. The first-order valence-corrected chi connectivity index (χ1v) is 5.69. The quantitative estimate of drug-likeness (QED) is 0.699. The van der Waals surface area contributed by atoms with Crippen LogP contribution < -0.4 is 0 Å². The predicted molar refractivity (Wildman–Crippen MR) is 61.1 cm³/mol. The lowest BCUT2D eigenvalue weighted by molar-refractivity contribution is -0.136. The number of nitrogens with zero attached hydrogens (tertiary/aromatic N) is 2. The van der Waals surface area contributed by atoms with Gasteiger partial charge in [0, 0.05) is 12.6 Å². The Labute approximate surface area is 93.1 Å². The number of hydrogen-bond donors (Lipinski definition) is 0. The molecule has 0 aromatic heterocycles. The zero-order chi connectivity index (χ0) is 12.0. The third kappa shape index (κ3) is 3.54. The largest absolute Gasteiger partial charge is 0.339 e. The van der Waals surface area contributed by atoms with Crippen molar-refractivity contribution < 1.29 is 4.79 Å². The van der Waals surface area contributed by atoms with Crippen molar-refractivity contribution in [2.24, 2.45) is 11.8 Å². The van der Waals surface area contributed by atoms with Crippen molar-refractivity contribution >= 4 is 5.91 Å². The third-order valence-electron chi connectivity index (χ3n) is 2.82. The number of carbonyl (C=O) groups excluding carboxylic acids is 1. The van der Waals surface area contributed by atoms with Crippen LogP contribution in [0.3, 0.4) is 0 Å². The Morgan fingerprint density at radius 2 is 1.87 bits per heavy atom. The molecule has 0 N–H and O–H groups in total. The molecule has 0 rings (SSSR count). The standard InChI is InChI=1S/C12H22N2O/c1-6-10(5)14(7-2)12(15)11(8-13)9(3)4/h9-11H,6-7H2,1-5H3. The average molecular weight is 210 g/mol. The summed E-state index contributed by atoms with van der Waals surface area (Å²) < 4.78 is 0. The molecule has 2 unspecified atom stereocenters. The van der Waals surface area contributed by atoms with Gasteiger partial charge in [0.1, 0.15) is 5.92 Å². The molecule has 0 aromatic carbocycles. The zero-order valence-electron chi connectivity index (χ0n) is 10.4. The summed E-state index contributed by atoms with van der Waals surface area (Å²) in [6.07, 6.45) is 0.926. The number of carbonyl (C=O) groups is 1. The van der Waals surface area contributed by atoms with Gasteiger partial charge in [-0.1, -0.05) is 20.8 Å². The second-order valence-corrected chi connectivity index (χ2v) is 4.23. The highest BCUT2D eigenvalue weighted by atomic mass is 16.2. The molecule has 0 saturated carbocycles. The van der Waals surface area contributed by atoms with Crippen molar-refractivity contribution in [1.82, 2.24) is 4.90 Å². The average Bonchev–Trinajstić information content (AvgIpc) is 2.19. The fourth-order valence-electron chi connectivity index (χ4n) is 1.57. The van der Waals surface area contributed by atoms with Crippen molar-refractivity contribution in [3.8, 4) is 6.07 Å². The summed E-state index contributed by atoms with van der Waals surface area (Å²) in [6, 6.07) is 2.32. The molecule has 0 heterocycles. The van der Waals surface area contributed by atoms with Gasteiger partial charge in [0.05, 0.1) is 6.07 Å². The van der Waals surface area contributed by atoms with Crippen LogP contribution in [-0.2, 0) is 4.79 Å². The van der Waals surface area contributed by atoms with Crippen molar-refractivity contribution in [3.63, 3.8) is 0 Å². The van der Waals surface area contributed by atoms with E-state index in [4.69, 9.17) is 5.26 Å². The molecule has 0 radical (unpaired) electrons. The SMILES string of the molecule is CCC(C)N(CC)C(=O)C(C#N)C(C)C. The summed E-state index contributed by atoms with van der Waals surface area (Å²) in [7, 11) is 0. The number of hydrogen-bond acceptors (Lipinski definition) is 2. The minimum atomic E-state index is -0.501. The summed E-state index contributed by atoms with van der Waals surface area (Å²) in [6.45, 7) is 10.5. The molecule has 0 spiro atoms. The highest BCUT2D eigenvalue weighted by Gasteiger charge is 2.28. The summed E-state index contributed by atoms with van der Waals surface area (Å²) >= 11 is 0. The smallest absolute Gasteiger partial charge is 0.240 e. The summed E-state index contributed by atoms with van der Waals surface area (Å²) in [5.41, 5.74) is 0. The molecule has 3 heteroatoms. The van der Waals surface area contributed by atoms with Gasteiger partial charge in [-0.25, -0.2) is 0 Å². The number of rotatable bonds is 5. The summed E-state index contributed by atoms with van der Waals surface area (Å²) in [4.78, 5) is 13.9. The predicted octanol–water partition coefficient (Wildman–Crippen LogP) is 2.43. The molecule has 0 aliphatic rings. The first-order valence-electron chi connectivity index (χ1n) is 5.69. The van der Waals surface area contributed by atoms with Gasteiger partial charge in [0.2, 0.25) is 5.91 Å². The van der Waals surface area contributed by atoms with Crippen molar-refractivity contribution in [2.45, 2.75) is 47.1 Å². The first kappa shape index (κ1) is 14.0. The molecule has 15 heavy (non-hydrogen) atoms. The monoisotopic (exact) mass is 210 g/mol. The van der Waals surface area contributed by atoms with Gasteiger partial charge in [-0.2, -0.15) is 5.26 Å². The molecular formula is C12H22N2O. The van der Waals surface area contributed by atoms with Crippen LogP contribution in [0.4, 0.5) is 0 Å². The van der Waals surface area contributed by atoms with Crippen LogP contribution >= 0.6 is 0 Å². The first-order chi connectivity index (χ1) is 6.99. The van der Waals surface area contributed by atoms with E-state index in [0.717, 1.165) is 6.42 Å². The fourth-order valence-corrected chi connectivity index (χ4v) is 1.57.